The van der Waals surface area contributed by atoms with Gasteiger partial charge in [-0.3, -0.25) is 4.79 Å². The molecule has 0 saturated heterocycles. The van der Waals surface area contributed by atoms with E-state index in [4.69, 9.17) is 0 Å². The lowest BCUT2D eigenvalue weighted by Crippen LogP contribution is -2.54. The van der Waals surface area contributed by atoms with E-state index in [2.05, 4.69) is 19.1 Å². The average molecular weight is 487 g/mol. The standard InChI is InChI=1S/C34H46O2/c1-33(34-7-6-20(14-34)25(15-34)32(35)36,26-12-21-10-23(26)30-18-4-2-16(8-18)28(21)30)27-13-22-11-24(27)31-19-5-3-17(9-19)29(22)31/h6-7,16-31H,2-5,8-15H2,1H3,(H,35,36). The molecule has 36 heavy (non-hydrogen) atoms. The van der Waals surface area contributed by atoms with E-state index in [1.54, 1.807) is 38.5 Å². The van der Waals surface area contributed by atoms with Gasteiger partial charge in [-0.2, -0.15) is 0 Å². The Morgan fingerprint density at radius 2 is 1.25 bits per heavy atom. The van der Waals surface area contributed by atoms with Crippen molar-refractivity contribution < 1.29 is 9.90 Å². The first-order valence-corrected chi connectivity index (χ1v) is 16.4. The van der Waals surface area contributed by atoms with E-state index in [1.807, 2.05) is 0 Å². The highest BCUT2D eigenvalue weighted by Gasteiger charge is 2.73. The molecule has 2 heteroatoms. The summed E-state index contributed by atoms with van der Waals surface area (Å²) in [5.41, 5.74) is 0.506. The van der Waals surface area contributed by atoms with Crippen molar-refractivity contribution in [2.75, 3.05) is 0 Å². The maximum absolute atomic E-state index is 12.4. The number of rotatable bonds is 4. The Morgan fingerprint density at radius 1 is 0.722 bits per heavy atom. The van der Waals surface area contributed by atoms with Gasteiger partial charge in [-0.15, -0.1) is 0 Å². The molecule has 194 valence electrons. The van der Waals surface area contributed by atoms with Crippen molar-refractivity contribution in [3.8, 4) is 0 Å². The molecule has 0 aromatic carbocycles. The SMILES string of the molecule is CC(C1CC2CC1C1C3CCC(C3)C21)(C1CC2CC1C1C3CCC(C3)C21)C12C=CC(C1)C(C(=O)O)C2. The van der Waals surface area contributed by atoms with Crippen molar-refractivity contribution in [1.82, 2.24) is 0 Å². The molecule has 0 aromatic heterocycles. The summed E-state index contributed by atoms with van der Waals surface area (Å²) in [7, 11) is 0. The van der Waals surface area contributed by atoms with Crippen LogP contribution in [0.25, 0.3) is 0 Å². The highest BCUT2D eigenvalue weighted by atomic mass is 16.4. The van der Waals surface area contributed by atoms with Gasteiger partial charge in [0.2, 0.25) is 0 Å². The number of hydrogen-bond donors (Lipinski definition) is 1. The maximum Gasteiger partial charge on any atom is 0.307 e. The van der Waals surface area contributed by atoms with Crippen LogP contribution in [0.15, 0.2) is 12.2 Å². The number of aliphatic carboxylic acids is 1. The Kier molecular flexibility index (Phi) is 3.80. The van der Waals surface area contributed by atoms with E-state index in [0.717, 1.165) is 89.3 Å². The molecule has 10 aliphatic rings. The van der Waals surface area contributed by atoms with E-state index in [1.165, 1.54) is 32.1 Å². The molecule has 17 unspecified atom stereocenters. The van der Waals surface area contributed by atoms with Gasteiger partial charge in [0.25, 0.3) is 0 Å². The number of carbonyl (C=O) groups is 1. The monoisotopic (exact) mass is 486 g/mol. The molecule has 9 saturated carbocycles. The molecule has 2 nitrogen and oxygen atoms in total. The normalized spacial score (nSPS) is 65.6. The van der Waals surface area contributed by atoms with Crippen LogP contribution in [0.1, 0.15) is 84.0 Å². The van der Waals surface area contributed by atoms with Gasteiger partial charge in [-0.25, -0.2) is 0 Å². The van der Waals surface area contributed by atoms with Gasteiger partial charge in [0.1, 0.15) is 0 Å². The van der Waals surface area contributed by atoms with Crippen molar-refractivity contribution in [1.29, 1.82) is 0 Å². The van der Waals surface area contributed by atoms with Crippen LogP contribution < -0.4 is 0 Å². The highest BCUT2D eigenvalue weighted by Crippen LogP contribution is 2.80. The van der Waals surface area contributed by atoms with Crippen molar-refractivity contribution in [2.45, 2.75) is 84.0 Å². The summed E-state index contributed by atoms with van der Waals surface area (Å²) in [4.78, 5) is 12.4. The van der Waals surface area contributed by atoms with Crippen LogP contribution in [-0.4, -0.2) is 11.1 Å². The zero-order valence-electron chi connectivity index (χ0n) is 22.2. The fourth-order valence-corrected chi connectivity index (χ4v) is 16.2. The predicted molar refractivity (Wildman–Crippen MR) is 139 cm³/mol. The first-order chi connectivity index (χ1) is 17.5. The molecule has 0 heterocycles. The molecule has 0 aliphatic heterocycles. The second-order valence-corrected chi connectivity index (χ2v) is 16.8. The molecular weight excluding hydrogens is 440 g/mol. The summed E-state index contributed by atoms with van der Waals surface area (Å²) >= 11 is 0. The van der Waals surface area contributed by atoms with Gasteiger partial charge in [0, 0.05) is 0 Å². The summed E-state index contributed by atoms with van der Waals surface area (Å²) < 4.78 is 0. The average Bonchev–Trinajstić information content (AvgIpc) is 3.76. The van der Waals surface area contributed by atoms with Crippen molar-refractivity contribution in [2.24, 2.45) is 106 Å². The third-order valence-electron chi connectivity index (χ3n) is 16.8. The first-order valence-electron chi connectivity index (χ1n) is 16.4. The number of allylic oxidation sites excluding steroid dienone is 2. The topological polar surface area (TPSA) is 37.3 Å². The first kappa shape index (κ1) is 21.1. The third-order valence-corrected chi connectivity index (χ3v) is 16.8. The Hall–Kier alpha value is -0.790. The van der Waals surface area contributed by atoms with Crippen LogP contribution >= 0.6 is 0 Å². The fourth-order valence-electron chi connectivity index (χ4n) is 16.2. The molecule has 10 bridgehead atoms. The Labute approximate surface area is 217 Å². The van der Waals surface area contributed by atoms with Gasteiger partial charge in [-0.1, -0.05) is 19.1 Å². The van der Waals surface area contributed by atoms with Crippen LogP contribution in [0.4, 0.5) is 0 Å². The number of fused-ring (bicyclic) bond motifs is 20. The smallest absolute Gasteiger partial charge is 0.307 e. The predicted octanol–water partition coefficient (Wildman–Crippen LogP) is 7.30. The van der Waals surface area contributed by atoms with E-state index in [0.29, 0.717) is 11.3 Å². The van der Waals surface area contributed by atoms with Gasteiger partial charge in [0.05, 0.1) is 5.92 Å². The third kappa shape index (κ3) is 2.16. The van der Waals surface area contributed by atoms with E-state index in [-0.39, 0.29) is 11.3 Å². The van der Waals surface area contributed by atoms with Gasteiger partial charge in [0.15, 0.2) is 0 Å². The van der Waals surface area contributed by atoms with E-state index in [9.17, 15) is 9.90 Å². The fraction of sp³-hybridized carbons (Fsp3) is 0.912. The van der Waals surface area contributed by atoms with Gasteiger partial charge < -0.3 is 5.11 Å². The summed E-state index contributed by atoms with van der Waals surface area (Å²) in [6, 6.07) is 0. The molecule has 0 amide bonds. The zero-order chi connectivity index (χ0) is 23.7. The maximum atomic E-state index is 12.4. The lowest BCUT2D eigenvalue weighted by atomic mass is 9.44. The highest BCUT2D eigenvalue weighted by molar-refractivity contribution is 5.72. The van der Waals surface area contributed by atoms with Crippen molar-refractivity contribution in [3.05, 3.63) is 12.2 Å². The van der Waals surface area contributed by atoms with Crippen LogP contribution in [0, 0.1) is 106 Å². The minimum Gasteiger partial charge on any atom is -0.481 e. The molecule has 1 N–H and O–H groups in total. The van der Waals surface area contributed by atoms with Crippen LogP contribution in [0.3, 0.4) is 0 Å². The lowest BCUT2D eigenvalue weighted by Gasteiger charge is -2.60. The molecule has 10 aliphatic carbocycles. The van der Waals surface area contributed by atoms with E-state index < -0.39 is 5.97 Å². The quantitative estimate of drug-likeness (QED) is 0.334. The van der Waals surface area contributed by atoms with E-state index >= 15 is 0 Å². The van der Waals surface area contributed by atoms with Crippen LogP contribution in [0.5, 0.6) is 0 Å². The summed E-state index contributed by atoms with van der Waals surface area (Å²) in [6.07, 6.45) is 22.6. The second-order valence-electron chi connectivity index (χ2n) is 16.8. The largest absolute Gasteiger partial charge is 0.481 e. The number of hydrogen-bond acceptors (Lipinski definition) is 1. The lowest BCUT2D eigenvalue weighted by molar-refractivity contribution is -0.144. The second kappa shape index (κ2) is 6.50. The summed E-state index contributed by atoms with van der Waals surface area (Å²) in [5, 5.41) is 10.2. The molecule has 9 fully saturated rings. The van der Waals surface area contributed by atoms with Crippen LogP contribution in [-0.2, 0) is 4.79 Å². The summed E-state index contributed by atoms with van der Waals surface area (Å²) in [5.74, 6) is 14.0. The Balaban J connectivity index is 1.08. The van der Waals surface area contributed by atoms with Crippen molar-refractivity contribution >= 4 is 5.97 Å². The van der Waals surface area contributed by atoms with Gasteiger partial charge >= 0.3 is 5.97 Å². The molecule has 17 atom stereocenters. The molecule has 10 rings (SSSR count). The molecular formula is C34H46O2. The number of carboxylic acid groups (broad SMARTS) is 1. The zero-order valence-corrected chi connectivity index (χ0v) is 22.2. The number of carboxylic acids is 1. The Morgan fingerprint density at radius 3 is 1.75 bits per heavy atom. The van der Waals surface area contributed by atoms with Crippen LogP contribution in [0.2, 0.25) is 0 Å². The van der Waals surface area contributed by atoms with Gasteiger partial charge in [-0.05, 0) is 177 Å². The summed E-state index contributed by atoms with van der Waals surface area (Å²) in [6.45, 7) is 2.81. The van der Waals surface area contributed by atoms with Crippen molar-refractivity contribution in [3.63, 3.8) is 0 Å². The Bertz CT molecular complexity index is 1010. The molecule has 0 radical (unpaired) electrons. The minimum absolute atomic E-state index is 0.114. The molecule has 0 aromatic rings. The minimum atomic E-state index is -0.504. The molecule has 0 spiro atoms.